The summed E-state index contributed by atoms with van der Waals surface area (Å²) in [7, 11) is 1.57. The lowest BCUT2D eigenvalue weighted by Gasteiger charge is -2.25. The lowest BCUT2D eigenvalue weighted by molar-refractivity contribution is 0.0997. The number of fused-ring (bicyclic) bond motifs is 1. The summed E-state index contributed by atoms with van der Waals surface area (Å²) in [5.41, 5.74) is 1.21. The van der Waals surface area contributed by atoms with Crippen molar-refractivity contribution < 1.29 is 18.7 Å². The van der Waals surface area contributed by atoms with E-state index in [0.29, 0.717) is 42.1 Å². The summed E-state index contributed by atoms with van der Waals surface area (Å²) < 4.78 is 17.7. The second kappa shape index (κ2) is 6.68. The number of carbonyl (C=O) groups excluding carboxylic acids is 1. The average molecular weight is 357 g/mol. The van der Waals surface area contributed by atoms with Crippen molar-refractivity contribution in [2.45, 2.75) is 6.92 Å². The molecule has 1 aromatic carbocycles. The summed E-state index contributed by atoms with van der Waals surface area (Å²) in [6.45, 7) is 4.53. The molecule has 3 aromatic rings. The summed E-state index contributed by atoms with van der Waals surface area (Å²) >= 11 is 0. The van der Waals surface area contributed by atoms with Crippen molar-refractivity contribution in [1.29, 1.82) is 0 Å². The zero-order chi connectivity index (χ0) is 18.1. The molecule has 0 spiro atoms. The highest BCUT2D eigenvalue weighted by molar-refractivity contribution is 6.03. The number of amides is 1. The van der Waals surface area contributed by atoms with E-state index >= 15 is 0 Å². The molecule has 0 aliphatic carbocycles. The number of morpholine rings is 1. The molecule has 136 valence electrons. The Labute approximate surface area is 149 Å². The quantitative estimate of drug-likeness (QED) is 0.760. The number of hydrogen-bond donors (Lipinski definition) is 1. The van der Waals surface area contributed by atoms with E-state index in [-0.39, 0.29) is 11.7 Å². The molecular weight excluding hydrogens is 338 g/mol. The van der Waals surface area contributed by atoms with Gasteiger partial charge in [-0.15, -0.1) is 5.10 Å². The fourth-order valence-electron chi connectivity index (χ4n) is 2.83. The number of rotatable bonds is 4. The number of methoxy groups -OCH3 is 1. The highest BCUT2D eigenvalue weighted by atomic mass is 16.5. The van der Waals surface area contributed by atoms with Crippen LogP contribution < -0.4 is 15.0 Å². The standard InChI is InChI=1S/C17H19N5O4/c1-11-14(15(23)18-12-4-3-5-13(10-12)24-2)26-17-19-16(20-22(11)17)21-6-8-25-9-7-21/h3-5,10H,6-9H2,1-2H3,(H,18,23). The van der Waals surface area contributed by atoms with Gasteiger partial charge >= 0.3 is 5.84 Å². The van der Waals surface area contributed by atoms with Gasteiger partial charge in [0.1, 0.15) is 5.75 Å². The largest absolute Gasteiger partial charge is 0.497 e. The number of ether oxygens (including phenoxy) is 2. The van der Waals surface area contributed by atoms with Crippen LogP contribution in [-0.4, -0.2) is 53.9 Å². The maximum absolute atomic E-state index is 12.5. The molecule has 2 aromatic heterocycles. The van der Waals surface area contributed by atoms with E-state index in [1.54, 1.807) is 42.8 Å². The van der Waals surface area contributed by atoms with Crippen LogP contribution in [-0.2, 0) is 4.74 Å². The topological polar surface area (TPSA) is 94.1 Å². The number of carbonyl (C=O) groups is 1. The first kappa shape index (κ1) is 16.4. The summed E-state index contributed by atoms with van der Waals surface area (Å²) in [4.78, 5) is 19.0. The van der Waals surface area contributed by atoms with Gasteiger partial charge in [-0.2, -0.15) is 9.50 Å². The van der Waals surface area contributed by atoms with E-state index in [0.717, 1.165) is 13.1 Å². The number of nitrogens with one attached hydrogen (secondary N) is 1. The van der Waals surface area contributed by atoms with Crippen molar-refractivity contribution in [3.63, 3.8) is 0 Å². The van der Waals surface area contributed by atoms with Crippen molar-refractivity contribution in [3.8, 4) is 5.75 Å². The number of benzene rings is 1. The van der Waals surface area contributed by atoms with E-state index in [1.807, 2.05) is 4.90 Å². The molecule has 0 saturated carbocycles. The Kier molecular flexibility index (Phi) is 4.21. The first-order valence-corrected chi connectivity index (χ1v) is 8.30. The Bertz CT molecular complexity index is 942. The zero-order valence-corrected chi connectivity index (χ0v) is 14.6. The monoisotopic (exact) mass is 357 g/mol. The van der Waals surface area contributed by atoms with Gasteiger partial charge in [0, 0.05) is 24.8 Å². The van der Waals surface area contributed by atoms with Crippen molar-refractivity contribution in [3.05, 3.63) is 35.7 Å². The van der Waals surface area contributed by atoms with Gasteiger partial charge in [0.2, 0.25) is 11.7 Å². The minimum absolute atomic E-state index is 0.177. The molecule has 1 N–H and O–H groups in total. The van der Waals surface area contributed by atoms with E-state index in [9.17, 15) is 4.79 Å². The SMILES string of the molecule is COc1cccc(NC(=O)c2oc3nc(N4CCOCC4)nn3c2C)c1. The minimum Gasteiger partial charge on any atom is -0.497 e. The van der Waals surface area contributed by atoms with E-state index in [2.05, 4.69) is 15.4 Å². The molecule has 1 fully saturated rings. The normalized spacial score (nSPS) is 14.6. The number of anilines is 2. The van der Waals surface area contributed by atoms with Gasteiger partial charge < -0.3 is 24.1 Å². The third-order valence-electron chi connectivity index (χ3n) is 4.23. The van der Waals surface area contributed by atoms with Gasteiger partial charge in [-0.1, -0.05) is 6.07 Å². The van der Waals surface area contributed by atoms with Crippen LogP contribution in [0.3, 0.4) is 0 Å². The van der Waals surface area contributed by atoms with Crippen LogP contribution in [0.4, 0.5) is 11.6 Å². The molecule has 1 aliphatic heterocycles. The number of hydrogen-bond acceptors (Lipinski definition) is 7. The van der Waals surface area contributed by atoms with Crippen molar-refractivity contribution >= 4 is 23.4 Å². The minimum atomic E-state index is -0.365. The third kappa shape index (κ3) is 2.97. The summed E-state index contributed by atoms with van der Waals surface area (Å²) in [5, 5.41) is 7.25. The van der Waals surface area contributed by atoms with E-state index in [4.69, 9.17) is 13.9 Å². The molecule has 4 rings (SSSR count). The molecule has 1 amide bonds. The first-order chi connectivity index (χ1) is 12.7. The van der Waals surface area contributed by atoms with E-state index in [1.165, 1.54) is 0 Å². The highest BCUT2D eigenvalue weighted by Gasteiger charge is 2.23. The molecule has 26 heavy (non-hydrogen) atoms. The second-order valence-corrected chi connectivity index (χ2v) is 5.91. The van der Waals surface area contributed by atoms with Crippen molar-refractivity contribution in [2.75, 3.05) is 43.6 Å². The van der Waals surface area contributed by atoms with Crippen LogP contribution in [0.25, 0.3) is 5.84 Å². The molecule has 0 radical (unpaired) electrons. The first-order valence-electron chi connectivity index (χ1n) is 8.30. The summed E-state index contributed by atoms with van der Waals surface area (Å²) in [6.07, 6.45) is 0. The van der Waals surface area contributed by atoms with Gasteiger partial charge in [-0.05, 0) is 19.1 Å². The number of oxazole rings is 1. The maximum atomic E-state index is 12.5. The molecule has 0 atom stereocenters. The molecule has 9 heteroatoms. The molecule has 3 heterocycles. The lowest BCUT2D eigenvalue weighted by atomic mass is 10.3. The summed E-state index contributed by atoms with van der Waals surface area (Å²) in [5.74, 6) is 1.34. The highest BCUT2D eigenvalue weighted by Crippen LogP contribution is 2.21. The lowest BCUT2D eigenvalue weighted by Crippen LogP contribution is -2.37. The Balaban J connectivity index is 1.57. The van der Waals surface area contributed by atoms with E-state index < -0.39 is 0 Å². The van der Waals surface area contributed by atoms with Gasteiger partial charge in [0.15, 0.2) is 0 Å². The number of aryl methyl sites for hydroxylation is 1. The fourth-order valence-corrected chi connectivity index (χ4v) is 2.83. The van der Waals surface area contributed by atoms with Crippen LogP contribution in [0.5, 0.6) is 5.75 Å². The van der Waals surface area contributed by atoms with Gasteiger partial charge in [-0.3, -0.25) is 4.79 Å². The fraction of sp³-hybridized carbons (Fsp3) is 0.353. The average Bonchev–Trinajstić information content (AvgIpc) is 3.22. The predicted molar refractivity (Wildman–Crippen MR) is 94.0 cm³/mol. The molecule has 9 nitrogen and oxygen atoms in total. The summed E-state index contributed by atoms with van der Waals surface area (Å²) in [6, 6.07) is 7.11. The van der Waals surface area contributed by atoms with Gasteiger partial charge in [0.05, 0.1) is 26.0 Å². The van der Waals surface area contributed by atoms with Gasteiger partial charge in [-0.25, -0.2) is 0 Å². The van der Waals surface area contributed by atoms with Crippen molar-refractivity contribution in [1.82, 2.24) is 14.6 Å². The van der Waals surface area contributed by atoms with Crippen LogP contribution in [0.2, 0.25) is 0 Å². The molecular formula is C17H19N5O4. The molecule has 0 unspecified atom stereocenters. The smallest absolute Gasteiger partial charge is 0.327 e. The zero-order valence-electron chi connectivity index (χ0n) is 14.6. The van der Waals surface area contributed by atoms with Crippen LogP contribution in [0, 0.1) is 6.92 Å². The Hall–Kier alpha value is -3.07. The number of nitrogens with zero attached hydrogens (tertiary/aromatic N) is 4. The second-order valence-electron chi connectivity index (χ2n) is 5.91. The van der Waals surface area contributed by atoms with Gasteiger partial charge in [0.25, 0.3) is 5.91 Å². The third-order valence-corrected chi connectivity index (χ3v) is 4.23. The maximum Gasteiger partial charge on any atom is 0.327 e. The molecule has 1 aliphatic rings. The van der Waals surface area contributed by atoms with Crippen LogP contribution in [0.15, 0.2) is 28.7 Å². The molecule has 0 bridgehead atoms. The number of aromatic nitrogens is 3. The Morgan fingerprint density at radius 2 is 2.12 bits per heavy atom. The Morgan fingerprint density at radius 3 is 2.85 bits per heavy atom. The Morgan fingerprint density at radius 1 is 1.31 bits per heavy atom. The molecule has 1 saturated heterocycles. The predicted octanol–water partition coefficient (Wildman–Crippen LogP) is 1.73. The van der Waals surface area contributed by atoms with Crippen molar-refractivity contribution in [2.24, 2.45) is 0 Å². The van der Waals surface area contributed by atoms with Crippen LogP contribution in [0.1, 0.15) is 16.2 Å². The van der Waals surface area contributed by atoms with Crippen LogP contribution >= 0.6 is 0 Å².